The normalized spacial score (nSPS) is 26.2. The molecule has 1 amide bonds. The van der Waals surface area contributed by atoms with E-state index in [1.54, 1.807) is 6.92 Å². The number of rotatable bonds is 5. The SMILES string of the molecule is CC(Cl)C(=O)NCCC1CC(OC(C)(C)C)C1. The zero-order valence-electron chi connectivity index (χ0n) is 11.3. The maximum Gasteiger partial charge on any atom is 0.237 e. The Balaban J connectivity index is 2.04. The lowest BCUT2D eigenvalue weighted by molar-refractivity contribution is -0.121. The van der Waals surface area contributed by atoms with E-state index in [1.165, 1.54) is 0 Å². The highest BCUT2D eigenvalue weighted by atomic mass is 35.5. The van der Waals surface area contributed by atoms with Gasteiger partial charge >= 0.3 is 0 Å². The summed E-state index contributed by atoms with van der Waals surface area (Å²) >= 11 is 5.66. The van der Waals surface area contributed by atoms with Gasteiger partial charge in [-0.1, -0.05) is 0 Å². The molecule has 17 heavy (non-hydrogen) atoms. The first-order valence-corrected chi connectivity index (χ1v) is 6.81. The van der Waals surface area contributed by atoms with E-state index in [0.717, 1.165) is 25.8 Å². The van der Waals surface area contributed by atoms with Crippen molar-refractivity contribution in [3.05, 3.63) is 0 Å². The van der Waals surface area contributed by atoms with E-state index in [-0.39, 0.29) is 11.5 Å². The molecule has 0 heterocycles. The fourth-order valence-corrected chi connectivity index (χ4v) is 2.12. The summed E-state index contributed by atoms with van der Waals surface area (Å²) in [6, 6.07) is 0. The molecule has 1 saturated carbocycles. The zero-order valence-corrected chi connectivity index (χ0v) is 12.0. The van der Waals surface area contributed by atoms with Crippen LogP contribution in [0.4, 0.5) is 0 Å². The highest BCUT2D eigenvalue weighted by molar-refractivity contribution is 6.30. The molecule has 4 heteroatoms. The summed E-state index contributed by atoms with van der Waals surface area (Å²) in [7, 11) is 0. The number of carbonyl (C=O) groups is 1. The minimum Gasteiger partial charge on any atom is -0.373 e. The maximum absolute atomic E-state index is 11.2. The quantitative estimate of drug-likeness (QED) is 0.773. The van der Waals surface area contributed by atoms with Crippen LogP contribution in [0.2, 0.25) is 0 Å². The molecule has 0 aromatic carbocycles. The van der Waals surface area contributed by atoms with Gasteiger partial charge in [0.2, 0.25) is 5.91 Å². The number of amides is 1. The minimum absolute atomic E-state index is 0.0437. The Morgan fingerprint density at radius 2 is 2.06 bits per heavy atom. The molecular formula is C13H24ClNO2. The van der Waals surface area contributed by atoms with Crippen molar-refractivity contribution in [3.63, 3.8) is 0 Å². The first-order valence-electron chi connectivity index (χ1n) is 6.37. The number of alkyl halides is 1. The van der Waals surface area contributed by atoms with Crippen molar-refractivity contribution in [2.45, 2.75) is 64.0 Å². The summed E-state index contributed by atoms with van der Waals surface area (Å²) < 4.78 is 5.86. The topological polar surface area (TPSA) is 38.3 Å². The predicted molar refractivity (Wildman–Crippen MR) is 70.3 cm³/mol. The van der Waals surface area contributed by atoms with Gasteiger partial charge in [0.15, 0.2) is 0 Å². The van der Waals surface area contributed by atoms with E-state index < -0.39 is 5.38 Å². The monoisotopic (exact) mass is 261 g/mol. The highest BCUT2D eigenvalue weighted by Crippen LogP contribution is 2.34. The summed E-state index contributed by atoms with van der Waals surface area (Å²) in [6.07, 6.45) is 3.66. The Bertz CT molecular complexity index is 255. The minimum atomic E-state index is -0.437. The average Bonchev–Trinajstić information content (AvgIpc) is 2.11. The molecule has 1 N–H and O–H groups in total. The van der Waals surface area contributed by atoms with Crippen molar-refractivity contribution in [2.75, 3.05) is 6.54 Å². The molecule has 3 nitrogen and oxygen atoms in total. The van der Waals surface area contributed by atoms with Crippen LogP contribution in [-0.4, -0.2) is 29.5 Å². The molecule has 1 aliphatic carbocycles. The molecule has 1 atom stereocenters. The molecule has 0 radical (unpaired) electrons. The Hall–Kier alpha value is -0.280. The van der Waals surface area contributed by atoms with Crippen molar-refractivity contribution in [2.24, 2.45) is 5.92 Å². The van der Waals surface area contributed by atoms with Crippen LogP contribution < -0.4 is 5.32 Å². The third-order valence-electron chi connectivity index (χ3n) is 2.93. The summed E-state index contributed by atoms with van der Waals surface area (Å²) in [4.78, 5) is 11.2. The Morgan fingerprint density at radius 1 is 1.47 bits per heavy atom. The molecule has 1 fully saturated rings. The Morgan fingerprint density at radius 3 is 2.53 bits per heavy atom. The second-order valence-electron chi connectivity index (χ2n) is 5.89. The van der Waals surface area contributed by atoms with Gasteiger partial charge in [-0.15, -0.1) is 11.6 Å². The zero-order chi connectivity index (χ0) is 13.1. The molecule has 0 spiro atoms. The highest BCUT2D eigenvalue weighted by Gasteiger charge is 2.32. The van der Waals surface area contributed by atoms with E-state index in [4.69, 9.17) is 16.3 Å². The largest absolute Gasteiger partial charge is 0.373 e. The second-order valence-corrected chi connectivity index (χ2v) is 6.54. The molecule has 0 aliphatic heterocycles. The lowest BCUT2D eigenvalue weighted by Crippen LogP contribution is -2.39. The van der Waals surface area contributed by atoms with E-state index >= 15 is 0 Å². The van der Waals surface area contributed by atoms with Gasteiger partial charge in [0.05, 0.1) is 11.7 Å². The molecule has 0 bridgehead atoms. The summed E-state index contributed by atoms with van der Waals surface area (Å²) in [5, 5.41) is 2.40. The molecular weight excluding hydrogens is 238 g/mol. The lowest BCUT2D eigenvalue weighted by atomic mass is 9.79. The van der Waals surface area contributed by atoms with Crippen molar-refractivity contribution in [1.82, 2.24) is 5.32 Å². The van der Waals surface area contributed by atoms with Crippen LogP contribution in [0.25, 0.3) is 0 Å². The van der Waals surface area contributed by atoms with Gasteiger partial charge < -0.3 is 10.1 Å². The van der Waals surface area contributed by atoms with Gasteiger partial charge in [0, 0.05) is 6.54 Å². The molecule has 100 valence electrons. The van der Waals surface area contributed by atoms with Crippen molar-refractivity contribution >= 4 is 17.5 Å². The van der Waals surface area contributed by atoms with Crippen LogP contribution in [0, 0.1) is 5.92 Å². The molecule has 1 aliphatic rings. The fourth-order valence-electron chi connectivity index (χ4n) is 2.05. The van der Waals surface area contributed by atoms with Gasteiger partial charge in [-0.2, -0.15) is 0 Å². The molecule has 0 saturated heterocycles. The van der Waals surface area contributed by atoms with Gasteiger partial charge in [-0.25, -0.2) is 0 Å². The van der Waals surface area contributed by atoms with Gasteiger partial charge in [-0.3, -0.25) is 4.79 Å². The van der Waals surface area contributed by atoms with E-state index in [9.17, 15) is 4.79 Å². The number of hydrogen-bond acceptors (Lipinski definition) is 2. The van der Waals surface area contributed by atoms with E-state index in [2.05, 4.69) is 26.1 Å². The van der Waals surface area contributed by atoms with E-state index in [1.807, 2.05) is 0 Å². The van der Waals surface area contributed by atoms with Crippen molar-refractivity contribution < 1.29 is 9.53 Å². The maximum atomic E-state index is 11.2. The number of nitrogens with one attached hydrogen (secondary N) is 1. The molecule has 0 aromatic rings. The van der Waals surface area contributed by atoms with Crippen molar-refractivity contribution in [3.8, 4) is 0 Å². The third-order valence-corrected chi connectivity index (χ3v) is 3.12. The number of halogens is 1. The van der Waals surface area contributed by atoms with Gasteiger partial charge in [-0.05, 0) is 52.9 Å². The summed E-state index contributed by atoms with van der Waals surface area (Å²) in [5.41, 5.74) is -0.0437. The summed E-state index contributed by atoms with van der Waals surface area (Å²) in [5.74, 6) is 0.613. The van der Waals surface area contributed by atoms with Crippen LogP contribution in [0.1, 0.15) is 47.0 Å². The third kappa shape index (κ3) is 5.73. The number of carbonyl (C=O) groups excluding carboxylic acids is 1. The number of hydrogen-bond donors (Lipinski definition) is 1. The van der Waals surface area contributed by atoms with Crippen LogP contribution in [0.3, 0.4) is 0 Å². The molecule has 1 unspecified atom stereocenters. The second kappa shape index (κ2) is 6.05. The predicted octanol–water partition coefficient (Wildman–Crippen LogP) is 2.71. The van der Waals surface area contributed by atoms with Crippen LogP contribution in [-0.2, 0) is 9.53 Å². The Labute approximate surface area is 109 Å². The number of ether oxygens (including phenoxy) is 1. The van der Waals surface area contributed by atoms with Crippen LogP contribution in [0.5, 0.6) is 0 Å². The lowest BCUT2D eigenvalue weighted by Gasteiger charge is -2.39. The van der Waals surface area contributed by atoms with Gasteiger partial charge in [0.25, 0.3) is 0 Å². The Kier molecular flexibility index (Phi) is 5.26. The molecule has 0 aromatic heterocycles. The average molecular weight is 262 g/mol. The van der Waals surface area contributed by atoms with Crippen LogP contribution in [0.15, 0.2) is 0 Å². The fraction of sp³-hybridized carbons (Fsp3) is 0.923. The standard InChI is InChI=1S/C13H24ClNO2/c1-9(14)12(16)15-6-5-10-7-11(8-10)17-13(2,3)4/h9-11H,5-8H2,1-4H3,(H,15,16). The van der Waals surface area contributed by atoms with Crippen molar-refractivity contribution in [1.29, 1.82) is 0 Å². The smallest absolute Gasteiger partial charge is 0.237 e. The van der Waals surface area contributed by atoms with E-state index in [0.29, 0.717) is 12.0 Å². The summed E-state index contributed by atoms with van der Waals surface area (Å²) in [6.45, 7) is 8.67. The van der Waals surface area contributed by atoms with Gasteiger partial charge in [0.1, 0.15) is 5.38 Å². The first-order chi connectivity index (χ1) is 7.78. The molecule has 1 rings (SSSR count). The first kappa shape index (κ1) is 14.8. The van der Waals surface area contributed by atoms with Crippen LogP contribution >= 0.6 is 11.6 Å².